The Bertz CT molecular complexity index is 1310. The molecule has 0 saturated heterocycles. The van der Waals surface area contributed by atoms with E-state index in [9.17, 15) is 14.4 Å². The van der Waals surface area contributed by atoms with Gasteiger partial charge in [0.25, 0.3) is 17.7 Å². The van der Waals surface area contributed by atoms with Gasteiger partial charge in [0.15, 0.2) is 0 Å². The predicted molar refractivity (Wildman–Crippen MR) is 113 cm³/mol. The molecule has 1 aromatic heterocycles. The van der Waals surface area contributed by atoms with Crippen molar-refractivity contribution < 1.29 is 14.4 Å². The number of carbonyl (C=O) groups excluding carboxylic acids is 3. The Kier molecular flexibility index (Phi) is 4.17. The van der Waals surface area contributed by atoms with Crippen LogP contribution in [-0.2, 0) is 6.54 Å². The molecule has 0 atom stereocenters. The Morgan fingerprint density at radius 1 is 0.867 bits per heavy atom. The van der Waals surface area contributed by atoms with Crippen LogP contribution in [0.1, 0.15) is 36.6 Å². The SMILES string of the molecule is O=C(Nc1cccc2[nH]ccc12)c1ccc2c(c1)C(=O)N(Cc1ccccc1)C2=O. The van der Waals surface area contributed by atoms with E-state index < -0.39 is 0 Å². The van der Waals surface area contributed by atoms with Crippen LogP contribution < -0.4 is 5.32 Å². The molecule has 2 N–H and O–H groups in total. The third-order valence-electron chi connectivity index (χ3n) is 5.26. The number of nitrogens with zero attached hydrogens (tertiary/aromatic N) is 1. The van der Waals surface area contributed by atoms with Gasteiger partial charge in [-0.3, -0.25) is 19.3 Å². The fraction of sp³-hybridized carbons (Fsp3) is 0.0417. The van der Waals surface area contributed by atoms with Gasteiger partial charge in [0, 0.05) is 22.7 Å². The second kappa shape index (κ2) is 7.00. The Hall–Kier alpha value is -4.19. The van der Waals surface area contributed by atoms with Gasteiger partial charge in [-0.05, 0) is 42.0 Å². The van der Waals surface area contributed by atoms with Gasteiger partial charge >= 0.3 is 0 Å². The maximum absolute atomic E-state index is 12.9. The lowest BCUT2D eigenvalue weighted by atomic mass is 10.1. The third-order valence-corrected chi connectivity index (χ3v) is 5.26. The summed E-state index contributed by atoms with van der Waals surface area (Å²) in [7, 11) is 0. The van der Waals surface area contributed by atoms with Gasteiger partial charge in [-0.15, -0.1) is 0 Å². The van der Waals surface area contributed by atoms with E-state index in [-0.39, 0.29) is 29.8 Å². The maximum atomic E-state index is 12.9. The average molecular weight is 395 g/mol. The molecule has 5 rings (SSSR count). The molecule has 1 aliphatic heterocycles. The highest BCUT2D eigenvalue weighted by Gasteiger charge is 2.36. The number of amides is 3. The van der Waals surface area contributed by atoms with E-state index in [1.54, 1.807) is 18.3 Å². The summed E-state index contributed by atoms with van der Waals surface area (Å²) in [4.78, 5) is 42.7. The summed E-state index contributed by atoms with van der Waals surface area (Å²) in [5.74, 6) is -1.07. The number of aromatic amines is 1. The fourth-order valence-corrected chi connectivity index (χ4v) is 3.73. The summed E-state index contributed by atoms with van der Waals surface area (Å²) in [6, 6.07) is 21.4. The van der Waals surface area contributed by atoms with Crippen LogP contribution in [0.15, 0.2) is 79.0 Å². The quantitative estimate of drug-likeness (QED) is 0.508. The first kappa shape index (κ1) is 17.9. The molecule has 1 aliphatic rings. The second-order valence-electron chi connectivity index (χ2n) is 7.14. The molecule has 3 amide bonds. The third kappa shape index (κ3) is 2.95. The van der Waals surface area contributed by atoms with Gasteiger partial charge in [0.2, 0.25) is 0 Å². The topological polar surface area (TPSA) is 82.3 Å². The molecule has 0 bridgehead atoms. The lowest BCUT2D eigenvalue weighted by Gasteiger charge is -2.13. The number of hydrogen-bond acceptors (Lipinski definition) is 3. The van der Waals surface area contributed by atoms with Crippen LogP contribution in [0.25, 0.3) is 10.9 Å². The van der Waals surface area contributed by atoms with Crippen molar-refractivity contribution in [1.29, 1.82) is 0 Å². The zero-order valence-corrected chi connectivity index (χ0v) is 15.9. The first-order valence-electron chi connectivity index (χ1n) is 9.53. The van der Waals surface area contributed by atoms with E-state index in [1.807, 2.05) is 54.6 Å². The molecule has 0 aliphatic carbocycles. The van der Waals surface area contributed by atoms with E-state index in [1.165, 1.54) is 11.0 Å². The van der Waals surface area contributed by atoms with E-state index in [0.29, 0.717) is 16.8 Å². The molecular formula is C24H17N3O3. The molecule has 2 heterocycles. The first-order chi connectivity index (χ1) is 14.6. The Morgan fingerprint density at radius 3 is 2.50 bits per heavy atom. The number of H-pyrrole nitrogens is 1. The number of carbonyl (C=O) groups is 3. The number of hydrogen-bond donors (Lipinski definition) is 2. The number of imide groups is 1. The first-order valence-corrected chi connectivity index (χ1v) is 9.53. The fourth-order valence-electron chi connectivity index (χ4n) is 3.73. The Balaban J connectivity index is 1.41. The van der Waals surface area contributed by atoms with Crippen molar-refractivity contribution in [3.8, 4) is 0 Å². The van der Waals surface area contributed by atoms with Crippen LogP contribution >= 0.6 is 0 Å². The van der Waals surface area contributed by atoms with Crippen molar-refractivity contribution in [3.63, 3.8) is 0 Å². The van der Waals surface area contributed by atoms with Crippen LogP contribution in [0.4, 0.5) is 5.69 Å². The molecule has 0 unspecified atom stereocenters. The lowest BCUT2D eigenvalue weighted by Crippen LogP contribution is -2.29. The van der Waals surface area contributed by atoms with E-state index in [4.69, 9.17) is 0 Å². The highest BCUT2D eigenvalue weighted by molar-refractivity contribution is 6.22. The smallest absolute Gasteiger partial charge is 0.261 e. The molecule has 4 aromatic rings. The monoisotopic (exact) mass is 395 g/mol. The number of fused-ring (bicyclic) bond motifs is 2. The number of benzene rings is 3. The lowest BCUT2D eigenvalue weighted by molar-refractivity contribution is 0.0642. The van der Waals surface area contributed by atoms with Gasteiger partial charge < -0.3 is 10.3 Å². The molecule has 30 heavy (non-hydrogen) atoms. The van der Waals surface area contributed by atoms with Crippen molar-refractivity contribution in [1.82, 2.24) is 9.88 Å². The van der Waals surface area contributed by atoms with Gasteiger partial charge in [0.1, 0.15) is 0 Å². The van der Waals surface area contributed by atoms with Crippen LogP contribution in [0.5, 0.6) is 0 Å². The van der Waals surface area contributed by atoms with E-state index in [2.05, 4.69) is 10.3 Å². The predicted octanol–water partition coefficient (Wildman–Crippen LogP) is 4.22. The normalized spacial score (nSPS) is 13.0. The van der Waals surface area contributed by atoms with Crippen molar-refractivity contribution in [2.24, 2.45) is 0 Å². The molecule has 0 fully saturated rings. The standard InChI is InChI=1S/C24H17N3O3/c28-22(26-21-8-4-7-20-18(21)11-12-25-20)16-9-10-17-19(13-16)24(30)27(23(17)29)14-15-5-2-1-3-6-15/h1-13,25H,14H2,(H,26,28). The maximum Gasteiger partial charge on any atom is 0.261 e. The molecule has 6 heteroatoms. The van der Waals surface area contributed by atoms with Crippen molar-refractivity contribution in [2.45, 2.75) is 6.54 Å². The summed E-state index contributed by atoms with van der Waals surface area (Å²) in [5.41, 5.74) is 3.35. The highest BCUT2D eigenvalue weighted by atomic mass is 16.2. The van der Waals surface area contributed by atoms with E-state index in [0.717, 1.165) is 16.5 Å². The summed E-state index contributed by atoms with van der Waals surface area (Å²) in [6.45, 7) is 0.199. The van der Waals surface area contributed by atoms with Crippen molar-refractivity contribution in [2.75, 3.05) is 5.32 Å². The van der Waals surface area contributed by atoms with E-state index >= 15 is 0 Å². The minimum atomic E-state index is -0.388. The van der Waals surface area contributed by atoms with Crippen LogP contribution in [-0.4, -0.2) is 27.6 Å². The minimum Gasteiger partial charge on any atom is -0.361 e. The van der Waals surface area contributed by atoms with Gasteiger partial charge in [0.05, 0.1) is 23.4 Å². The van der Waals surface area contributed by atoms with Crippen molar-refractivity contribution >= 4 is 34.3 Å². The summed E-state index contributed by atoms with van der Waals surface area (Å²) < 4.78 is 0. The second-order valence-corrected chi connectivity index (χ2v) is 7.14. The van der Waals surface area contributed by atoms with Crippen LogP contribution in [0, 0.1) is 0 Å². The Labute approximate surface area is 172 Å². The number of nitrogens with one attached hydrogen (secondary N) is 2. The largest absolute Gasteiger partial charge is 0.361 e. The van der Waals surface area contributed by atoms with Gasteiger partial charge in [-0.25, -0.2) is 0 Å². The molecule has 0 spiro atoms. The number of aromatic nitrogens is 1. The molecule has 0 radical (unpaired) electrons. The van der Waals surface area contributed by atoms with Crippen LogP contribution in [0.3, 0.4) is 0 Å². The average Bonchev–Trinajstić information content (AvgIpc) is 3.34. The number of rotatable bonds is 4. The molecule has 146 valence electrons. The van der Waals surface area contributed by atoms with Gasteiger partial charge in [-0.1, -0.05) is 36.4 Å². The molecule has 6 nitrogen and oxygen atoms in total. The minimum absolute atomic E-state index is 0.199. The summed E-state index contributed by atoms with van der Waals surface area (Å²) >= 11 is 0. The van der Waals surface area contributed by atoms with Crippen molar-refractivity contribution in [3.05, 3.63) is 101 Å². The molecular weight excluding hydrogens is 378 g/mol. The highest BCUT2D eigenvalue weighted by Crippen LogP contribution is 2.27. The zero-order valence-electron chi connectivity index (χ0n) is 15.9. The number of anilines is 1. The Morgan fingerprint density at radius 2 is 1.67 bits per heavy atom. The van der Waals surface area contributed by atoms with Gasteiger partial charge in [-0.2, -0.15) is 0 Å². The van der Waals surface area contributed by atoms with Crippen LogP contribution in [0.2, 0.25) is 0 Å². The zero-order chi connectivity index (χ0) is 20.7. The summed E-state index contributed by atoms with van der Waals surface area (Å²) in [6.07, 6.45) is 1.81. The summed E-state index contributed by atoms with van der Waals surface area (Å²) in [5, 5.41) is 3.78. The molecule has 0 saturated carbocycles. The molecule has 3 aromatic carbocycles.